The van der Waals surface area contributed by atoms with Crippen LogP contribution in [-0.4, -0.2) is 47.8 Å². The maximum Gasteiger partial charge on any atom is 0.330 e. The predicted molar refractivity (Wildman–Crippen MR) is 98.1 cm³/mol. The van der Waals surface area contributed by atoms with E-state index in [9.17, 15) is 14.4 Å². The number of benzene rings is 1. The van der Waals surface area contributed by atoms with Crippen molar-refractivity contribution >= 4 is 29.4 Å². The van der Waals surface area contributed by atoms with E-state index in [1.54, 1.807) is 30.3 Å². The topological polar surface area (TPSA) is 95.3 Å². The maximum atomic E-state index is 12.5. The van der Waals surface area contributed by atoms with Crippen LogP contribution in [0.3, 0.4) is 0 Å². The molecule has 1 fully saturated rings. The summed E-state index contributed by atoms with van der Waals surface area (Å²) in [7, 11) is 0. The van der Waals surface area contributed by atoms with Gasteiger partial charge >= 0.3 is 5.97 Å². The third-order valence-corrected chi connectivity index (χ3v) is 5.75. The van der Waals surface area contributed by atoms with Gasteiger partial charge in [-0.15, -0.1) is 11.8 Å². The minimum atomic E-state index is -0.776. The Hall–Kier alpha value is -2.94. The zero-order valence-electron chi connectivity index (χ0n) is 15.0. The third-order valence-electron chi connectivity index (χ3n) is 4.46. The molecule has 4 rings (SSSR count). The summed E-state index contributed by atoms with van der Waals surface area (Å²) in [6, 6.07) is 7.48. The van der Waals surface area contributed by atoms with Crippen LogP contribution in [0.25, 0.3) is 0 Å². The van der Waals surface area contributed by atoms with Crippen molar-refractivity contribution in [2.24, 2.45) is 0 Å². The first kappa shape index (κ1) is 18.4. The van der Waals surface area contributed by atoms with Crippen molar-refractivity contribution in [3.8, 4) is 11.5 Å². The summed E-state index contributed by atoms with van der Waals surface area (Å²) in [4.78, 5) is 38.4. The predicted octanol–water partition coefficient (Wildman–Crippen LogP) is 2.40. The van der Waals surface area contributed by atoms with Crippen LogP contribution < -0.4 is 9.47 Å². The van der Waals surface area contributed by atoms with Crippen LogP contribution in [0.5, 0.6) is 11.5 Å². The van der Waals surface area contributed by atoms with Crippen molar-refractivity contribution < 1.29 is 33.0 Å². The van der Waals surface area contributed by atoms with E-state index in [0.717, 1.165) is 0 Å². The summed E-state index contributed by atoms with van der Waals surface area (Å²) in [5.74, 6) is 0.746. The number of hydrogen-bond donors (Lipinski definition) is 0. The highest BCUT2D eigenvalue weighted by Crippen LogP contribution is 2.41. The van der Waals surface area contributed by atoms with Gasteiger partial charge in [-0.05, 0) is 30.3 Å². The molecule has 1 aromatic heterocycles. The van der Waals surface area contributed by atoms with Gasteiger partial charge in [-0.1, -0.05) is 0 Å². The molecule has 2 aliphatic rings. The molecule has 2 aromatic rings. The lowest BCUT2D eigenvalue weighted by Crippen LogP contribution is -2.43. The molecule has 0 bridgehead atoms. The average Bonchev–Trinajstić information content (AvgIpc) is 3.44. The second kappa shape index (κ2) is 7.59. The molecule has 0 aliphatic carbocycles. The van der Waals surface area contributed by atoms with E-state index in [4.69, 9.17) is 18.6 Å². The Morgan fingerprint density at radius 1 is 1.21 bits per heavy atom. The van der Waals surface area contributed by atoms with E-state index in [1.165, 1.54) is 29.8 Å². The zero-order valence-corrected chi connectivity index (χ0v) is 15.8. The smallest absolute Gasteiger partial charge is 0.330 e. The van der Waals surface area contributed by atoms with Gasteiger partial charge < -0.3 is 23.5 Å². The molecule has 2 aliphatic heterocycles. The number of thioether (sulfide) groups is 1. The number of furan rings is 1. The number of hydrogen-bond acceptors (Lipinski definition) is 8. The van der Waals surface area contributed by atoms with Gasteiger partial charge in [-0.2, -0.15) is 0 Å². The average molecular weight is 403 g/mol. The number of ether oxygens (including phenoxy) is 3. The van der Waals surface area contributed by atoms with Crippen LogP contribution >= 0.6 is 11.8 Å². The Balaban J connectivity index is 1.40. The van der Waals surface area contributed by atoms with Gasteiger partial charge in [0.05, 0.1) is 6.26 Å². The Bertz CT molecular complexity index is 911. The molecule has 0 saturated carbocycles. The van der Waals surface area contributed by atoms with Crippen LogP contribution in [-0.2, 0) is 14.3 Å². The van der Waals surface area contributed by atoms with Gasteiger partial charge in [0, 0.05) is 18.2 Å². The first-order valence-corrected chi connectivity index (χ1v) is 9.63. The molecular weight excluding hydrogens is 386 g/mol. The van der Waals surface area contributed by atoms with Crippen LogP contribution in [0.2, 0.25) is 0 Å². The molecule has 0 spiro atoms. The monoisotopic (exact) mass is 403 g/mol. The van der Waals surface area contributed by atoms with Crippen LogP contribution in [0.15, 0.2) is 41.0 Å². The number of carbonyl (C=O) groups excluding carboxylic acids is 3. The number of amides is 1. The van der Waals surface area contributed by atoms with E-state index in [2.05, 4.69) is 0 Å². The second-order valence-electron chi connectivity index (χ2n) is 6.24. The normalized spacial score (nSPS) is 20.2. The first-order valence-electron chi connectivity index (χ1n) is 8.58. The van der Waals surface area contributed by atoms with Gasteiger partial charge in [0.25, 0.3) is 0 Å². The number of ketones is 1. The minimum absolute atomic E-state index is 0.110. The van der Waals surface area contributed by atoms with Crippen molar-refractivity contribution in [1.82, 2.24) is 4.90 Å². The van der Waals surface area contributed by atoms with E-state index in [-0.39, 0.29) is 18.5 Å². The highest BCUT2D eigenvalue weighted by Gasteiger charge is 2.43. The number of esters is 1. The lowest BCUT2D eigenvalue weighted by atomic mass is 10.1. The quantitative estimate of drug-likeness (QED) is 0.555. The summed E-state index contributed by atoms with van der Waals surface area (Å²) in [5.41, 5.74) is 0.356. The molecule has 0 radical (unpaired) electrons. The molecular formula is C19H17NO7S. The van der Waals surface area contributed by atoms with E-state index in [1.807, 2.05) is 0 Å². The summed E-state index contributed by atoms with van der Waals surface area (Å²) in [6.07, 6.45) is 1.52. The summed E-state index contributed by atoms with van der Waals surface area (Å²) < 4.78 is 21.0. The highest BCUT2D eigenvalue weighted by atomic mass is 32.2. The summed E-state index contributed by atoms with van der Waals surface area (Å²) in [6.45, 7) is 1.08. The number of carbonyl (C=O) groups is 3. The molecule has 3 heterocycles. The fourth-order valence-electron chi connectivity index (χ4n) is 3.11. The molecule has 0 unspecified atom stereocenters. The van der Waals surface area contributed by atoms with Crippen molar-refractivity contribution in [3.63, 3.8) is 0 Å². The highest BCUT2D eigenvalue weighted by molar-refractivity contribution is 7.99. The molecule has 28 heavy (non-hydrogen) atoms. The minimum Gasteiger partial charge on any atom is -0.466 e. The molecule has 9 heteroatoms. The molecule has 0 N–H and O–H groups in total. The molecule has 8 nitrogen and oxygen atoms in total. The molecule has 1 amide bonds. The molecule has 2 atom stereocenters. The Labute approximate surface area is 164 Å². The summed E-state index contributed by atoms with van der Waals surface area (Å²) >= 11 is 1.41. The standard InChI is InChI=1S/C19H17NO7S/c1-11(21)20-13(9-28-18(20)16-3-2-6-24-16)19(23)25-8-14(22)12-4-5-15-17(7-12)27-10-26-15/h2-7,13,18H,8-10H2,1H3/t13-,18-/m0/s1. The molecule has 1 saturated heterocycles. The van der Waals surface area contributed by atoms with Crippen molar-refractivity contribution in [2.45, 2.75) is 18.3 Å². The first-order chi connectivity index (χ1) is 13.5. The number of Topliss-reactive ketones (excluding diaryl/α,β-unsaturated/α-hetero) is 1. The Morgan fingerprint density at radius 3 is 2.79 bits per heavy atom. The third kappa shape index (κ3) is 3.45. The van der Waals surface area contributed by atoms with Crippen LogP contribution in [0, 0.1) is 0 Å². The van der Waals surface area contributed by atoms with Crippen LogP contribution in [0.1, 0.15) is 28.4 Å². The zero-order chi connectivity index (χ0) is 19.7. The Kier molecular flexibility index (Phi) is 4.99. The number of rotatable bonds is 5. The van der Waals surface area contributed by atoms with E-state index in [0.29, 0.717) is 28.6 Å². The second-order valence-corrected chi connectivity index (χ2v) is 7.36. The van der Waals surface area contributed by atoms with Crippen molar-refractivity contribution in [3.05, 3.63) is 47.9 Å². The number of nitrogens with zero attached hydrogens (tertiary/aromatic N) is 1. The van der Waals surface area contributed by atoms with Gasteiger partial charge in [-0.3, -0.25) is 9.59 Å². The van der Waals surface area contributed by atoms with Crippen LogP contribution in [0.4, 0.5) is 0 Å². The summed E-state index contributed by atoms with van der Waals surface area (Å²) in [5, 5.41) is -0.394. The Morgan fingerprint density at radius 2 is 2.04 bits per heavy atom. The van der Waals surface area contributed by atoms with E-state index >= 15 is 0 Å². The molecule has 1 aromatic carbocycles. The fourth-order valence-corrected chi connectivity index (χ4v) is 4.53. The van der Waals surface area contributed by atoms with Gasteiger partial charge in [0.15, 0.2) is 23.9 Å². The SMILES string of the molecule is CC(=O)N1[C@H](C(=O)OCC(=O)c2ccc3c(c2)OCO3)CS[C@H]1c1ccco1. The lowest BCUT2D eigenvalue weighted by molar-refractivity contribution is -0.152. The lowest BCUT2D eigenvalue weighted by Gasteiger charge is -2.25. The van der Waals surface area contributed by atoms with Gasteiger partial charge in [0.2, 0.25) is 12.7 Å². The largest absolute Gasteiger partial charge is 0.466 e. The molecule has 146 valence electrons. The van der Waals surface area contributed by atoms with Gasteiger partial charge in [0.1, 0.15) is 17.2 Å². The van der Waals surface area contributed by atoms with Crippen molar-refractivity contribution in [1.29, 1.82) is 0 Å². The number of fused-ring (bicyclic) bond motifs is 1. The maximum absolute atomic E-state index is 12.5. The fraction of sp³-hybridized carbons (Fsp3) is 0.316. The van der Waals surface area contributed by atoms with E-state index < -0.39 is 24.0 Å². The van der Waals surface area contributed by atoms with Crippen molar-refractivity contribution in [2.75, 3.05) is 19.2 Å². The van der Waals surface area contributed by atoms with Gasteiger partial charge in [-0.25, -0.2) is 4.79 Å².